The van der Waals surface area contributed by atoms with E-state index in [0.29, 0.717) is 13.0 Å². The van der Waals surface area contributed by atoms with Crippen LogP contribution in [0.1, 0.15) is 37.8 Å². The molecule has 3 rings (SSSR count). The lowest BCUT2D eigenvalue weighted by atomic mass is 10.1. The highest BCUT2D eigenvalue weighted by molar-refractivity contribution is 7.89. The number of rotatable bonds is 11. The fourth-order valence-corrected chi connectivity index (χ4v) is 5.85. The molecule has 0 radical (unpaired) electrons. The van der Waals surface area contributed by atoms with Crippen LogP contribution in [0.25, 0.3) is 0 Å². The average molecular weight is 540 g/mol. The molecule has 0 unspecified atom stereocenters. The van der Waals surface area contributed by atoms with Crippen LogP contribution in [0.5, 0.6) is 0 Å². The highest BCUT2D eigenvalue weighted by Crippen LogP contribution is 2.30. The summed E-state index contributed by atoms with van der Waals surface area (Å²) in [6, 6.07) is 12.8. The summed E-state index contributed by atoms with van der Waals surface area (Å²) < 4.78 is 26.9. The molecule has 0 aromatic heterocycles. The van der Waals surface area contributed by atoms with Gasteiger partial charge in [0.1, 0.15) is 10.7 Å². The number of amides is 1. The number of nitrogens with zero attached hydrogens (tertiary/aromatic N) is 3. The Kier molecular flexibility index (Phi) is 9.58. The lowest BCUT2D eigenvalue weighted by Gasteiger charge is -2.27. The van der Waals surface area contributed by atoms with E-state index in [-0.39, 0.29) is 39.9 Å². The van der Waals surface area contributed by atoms with Gasteiger partial charge in [0, 0.05) is 44.7 Å². The molecule has 2 aromatic carbocycles. The maximum absolute atomic E-state index is 12.9. The van der Waals surface area contributed by atoms with Crippen molar-refractivity contribution in [3.05, 3.63) is 63.6 Å². The summed E-state index contributed by atoms with van der Waals surface area (Å²) in [5.41, 5.74) is 2.22. The van der Waals surface area contributed by atoms with Gasteiger partial charge in [0.25, 0.3) is 0 Å². The van der Waals surface area contributed by atoms with E-state index in [1.165, 1.54) is 23.5 Å². The number of amidine groups is 1. The van der Waals surface area contributed by atoms with Crippen molar-refractivity contribution in [3.8, 4) is 0 Å². The number of aliphatic imine (C=N–C) groups is 1. The van der Waals surface area contributed by atoms with Crippen LogP contribution in [0.3, 0.4) is 0 Å². The predicted octanol–water partition coefficient (Wildman–Crippen LogP) is 4.22. The minimum atomic E-state index is -3.80. The number of carbonyl (C=O) groups excluding carboxylic acids is 1. The molecule has 0 bridgehead atoms. The van der Waals surface area contributed by atoms with Crippen LogP contribution in [-0.4, -0.2) is 68.6 Å². The van der Waals surface area contributed by atoms with Gasteiger partial charge in [-0.2, -0.15) is 0 Å². The zero-order valence-corrected chi connectivity index (χ0v) is 22.6. The van der Waals surface area contributed by atoms with Crippen LogP contribution in [-0.2, 0) is 21.2 Å². The highest BCUT2D eigenvalue weighted by Gasteiger charge is 2.25. The molecule has 0 aliphatic carbocycles. The number of nitrogens with one attached hydrogen (secondary N) is 1. The molecule has 1 N–H and O–H groups in total. The van der Waals surface area contributed by atoms with Gasteiger partial charge in [-0.15, -0.1) is 0 Å². The molecule has 0 saturated heterocycles. The van der Waals surface area contributed by atoms with Crippen molar-refractivity contribution in [3.63, 3.8) is 0 Å². The molecule has 0 fully saturated rings. The van der Waals surface area contributed by atoms with Crippen molar-refractivity contribution in [2.24, 2.45) is 4.99 Å². The molecule has 10 heteroatoms. The standard InChI is InChI=1S/C25H32Cl2N4O3S/c1-18(2)31(17-13-19-9-11-20(12-10-19)25-28-14-15-29-25)23(32)8-5-16-30(3)35(33,34)22-7-4-6-21(26)24(22)27/h4,6-7,9-12,18H,5,8,13-17H2,1-3H3,(H,28,29). The molecule has 1 amide bonds. The van der Waals surface area contributed by atoms with Gasteiger partial charge in [-0.3, -0.25) is 9.79 Å². The summed E-state index contributed by atoms with van der Waals surface area (Å²) in [7, 11) is -2.32. The quantitative estimate of drug-likeness (QED) is 0.464. The largest absolute Gasteiger partial charge is 0.368 e. The van der Waals surface area contributed by atoms with E-state index in [0.717, 1.165) is 36.5 Å². The van der Waals surface area contributed by atoms with Crippen LogP contribution in [0.15, 0.2) is 52.4 Å². The topological polar surface area (TPSA) is 82.1 Å². The third-order valence-corrected chi connectivity index (χ3v) is 8.78. The summed E-state index contributed by atoms with van der Waals surface area (Å²) in [6.45, 7) is 6.45. The Morgan fingerprint density at radius 3 is 2.46 bits per heavy atom. The molecule has 1 aliphatic heterocycles. The second kappa shape index (κ2) is 12.2. The zero-order valence-electron chi connectivity index (χ0n) is 20.3. The van der Waals surface area contributed by atoms with E-state index in [4.69, 9.17) is 23.2 Å². The van der Waals surface area contributed by atoms with Crippen molar-refractivity contribution in [1.82, 2.24) is 14.5 Å². The second-order valence-corrected chi connectivity index (χ2v) is 11.6. The summed E-state index contributed by atoms with van der Waals surface area (Å²) in [6.07, 6.45) is 1.40. The Balaban J connectivity index is 1.52. The molecule has 1 heterocycles. The molecule has 0 saturated carbocycles. The average Bonchev–Trinajstić information content (AvgIpc) is 3.36. The van der Waals surface area contributed by atoms with Crippen molar-refractivity contribution >= 4 is 45.0 Å². The van der Waals surface area contributed by atoms with Gasteiger partial charge in [-0.05, 0) is 44.4 Å². The number of sulfonamides is 1. The lowest BCUT2D eigenvalue weighted by molar-refractivity contribution is -0.133. The number of carbonyl (C=O) groups is 1. The van der Waals surface area contributed by atoms with Gasteiger partial charge in [0.2, 0.25) is 15.9 Å². The normalized spacial score (nSPS) is 13.7. The molecule has 7 nitrogen and oxygen atoms in total. The van der Waals surface area contributed by atoms with Crippen molar-refractivity contribution in [2.45, 2.75) is 44.0 Å². The number of benzene rings is 2. The van der Waals surface area contributed by atoms with E-state index in [2.05, 4.69) is 34.6 Å². The van der Waals surface area contributed by atoms with Crippen LogP contribution in [0.2, 0.25) is 10.0 Å². The van der Waals surface area contributed by atoms with Crippen LogP contribution >= 0.6 is 23.2 Å². The minimum absolute atomic E-state index is 0.00334. The predicted molar refractivity (Wildman–Crippen MR) is 142 cm³/mol. The first-order valence-corrected chi connectivity index (χ1v) is 13.9. The van der Waals surface area contributed by atoms with Crippen LogP contribution in [0, 0.1) is 0 Å². The van der Waals surface area contributed by atoms with Crippen LogP contribution < -0.4 is 5.32 Å². The Morgan fingerprint density at radius 2 is 1.83 bits per heavy atom. The number of hydrogen-bond donors (Lipinski definition) is 1. The molecule has 190 valence electrons. The van der Waals surface area contributed by atoms with Crippen molar-refractivity contribution in [2.75, 3.05) is 33.2 Å². The van der Waals surface area contributed by atoms with Gasteiger partial charge in [-0.1, -0.05) is 53.5 Å². The molecule has 0 spiro atoms. The number of halogens is 2. The molecule has 0 atom stereocenters. The smallest absolute Gasteiger partial charge is 0.244 e. The Bertz CT molecular complexity index is 1170. The summed E-state index contributed by atoms with van der Waals surface area (Å²) in [4.78, 5) is 19.2. The molecule has 1 aliphatic rings. The summed E-state index contributed by atoms with van der Waals surface area (Å²) >= 11 is 12.1. The molecular weight excluding hydrogens is 507 g/mol. The van der Waals surface area contributed by atoms with E-state index >= 15 is 0 Å². The van der Waals surface area contributed by atoms with E-state index in [9.17, 15) is 13.2 Å². The van der Waals surface area contributed by atoms with Gasteiger partial charge in [0.05, 0.1) is 16.6 Å². The number of hydrogen-bond acceptors (Lipinski definition) is 5. The Morgan fingerprint density at radius 1 is 1.11 bits per heavy atom. The summed E-state index contributed by atoms with van der Waals surface area (Å²) in [5.74, 6) is 0.938. The van der Waals surface area contributed by atoms with E-state index in [1.807, 2.05) is 18.7 Å². The fraction of sp³-hybridized carbons (Fsp3) is 0.440. The Hall–Kier alpha value is -2.13. The fourth-order valence-electron chi connectivity index (χ4n) is 3.91. The van der Waals surface area contributed by atoms with Gasteiger partial charge >= 0.3 is 0 Å². The van der Waals surface area contributed by atoms with Crippen molar-refractivity contribution in [1.29, 1.82) is 0 Å². The van der Waals surface area contributed by atoms with Gasteiger partial charge in [-0.25, -0.2) is 12.7 Å². The Labute approximate surface area is 218 Å². The van der Waals surface area contributed by atoms with E-state index in [1.54, 1.807) is 6.07 Å². The van der Waals surface area contributed by atoms with Crippen molar-refractivity contribution < 1.29 is 13.2 Å². The molecular formula is C25H32Cl2N4O3S. The molecule has 2 aromatic rings. The van der Waals surface area contributed by atoms with Gasteiger partial charge < -0.3 is 10.2 Å². The first-order chi connectivity index (χ1) is 16.6. The van der Waals surface area contributed by atoms with Crippen LogP contribution in [0.4, 0.5) is 0 Å². The maximum atomic E-state index is 12.9. The monoisotopic (exact) mass is 538 g/mol. The zero-order chi connectivity index (χ0) is 25.6. The molecule has 35 heavy (non-hydrogen) atoms. The SMILES string of the molecule is CC(C)N(CCc1ccc(C2=NCCN2)cc1)C(=O)CCCN(C)S(=O)(=O)c1cccc(Cl)c1Cl. The first-order valence-electron chi connectivity index (χ1n) is 11.7. The minimum Gasteiger partial charge on any atom is -0.368 e. The second-order valence-electron chi connectivity index (χ2n) is 8.77. The first kappa shape index (κ1) is 27.5. The third-order valence-electron chi connectivity index (χ3n) is 5.95. The van der Waals surface area contributed by atoms with Gasteiger partial charge in [0.15, 0.2) is 0 Å². The summed E-state index contributed by atoms with van der Waals surface area (Å²) in [5, 5.41) is 3.45. The maximum Gasteiger partial charge on any atom is 0.244 e. The third kappa shape index (κ3) is 6.97. The van der Waals surface area contributed by atoms with E-state index < -0.39 is 10.0 Å². The highest BCUT2D eigenvalue weighted by atomic mass is 35.5. The lowest BCUT2D eigenvalue weighted by Crippen LogP contribution is -2.39.